The molecule has 7 heteroatoms. The van der Waals surface area contributed by atoms with Gasteiger partial charge in [-0.15, -0.1) is 11.3 Å². The molecule has 5 nitrogen and oxygen atoms in total. The van der Waals surface area contributed by atoms with Crippen molar-refractivity contribution in [2.45, 2.75) is 38.1 Å². The van der Waals surface area contributed by atoms with Crippen LogP contribution in [0.1, 0.15) is 64.0 Å². The number of carbonyl (C=O) groups is 2. The Balaban J connectivity index is 1.84. The second-order valence-corrected chi connectivity index (χ2v) is 9.06. The molecular weight excluding hydrogens is 432 g/mol. The second-order valence-electron chi connectivity index (χ2n) is 7.74. The fourth-order valence-electron chi connectivity index (χ4n) is 4.22. The molecule has 160 valence electrons. The highest BCUT2D eigenvalue weighted by Gasteiger charge is 2.37. The van der Waals surface area contributed by atoms with E-state index in [1.54, 1.807) is 34.5 Å². The van der Waals surface area contributed by atoms with E-state index in [1.165, 1.54) is 17.8 Å². The fourth-order valence-corrected chi connectivity index (χ4v) is 5.32. The molecule has 0 aliphatic heterocycles. The smallest absolute Gasteiger partial charge is 0.355 e. The standard InChI is InChI=1S/C24H23ClN2O3S/c25-18-11-13-19(14-12-18)27(23(28)17-9-5-2-6-10-17)21(16-7-3-1-4-8-16)22-26-20(15-31-22)24(29)30/h2,5-6,9-16,21H,1,3-4,7-8H2,(H,29,30). The van der Waals surface area contributed by atoms with E-state index in [4.69, 9.17) is 11.6 Å². The van der Waals surface area contributed by atoms with E-state index in [-0.39, 0.29) is 23.6 Å². The topological polar surface area (TPSA) is 70.5 Å². The quantitative estimate of drug-likeness (QED) is 0.463. The van der Waals surface area contributed by atoms with Gasteiger partial charge in [-0.05, 0) is 55.2 Å². The Kier molecular flexibility index (Phi) is 6.68. The minimum Gasteiger partial charge on any atom is -0.476 e. The van der Waals surface area contributed by atoms with Crippen LogP contribution in [0.2, 0.25) is 5.02 Å². The number of benzene rings is 2. The number of aromatic carboxylic acids is 1. The van der Waals surface area contributed by atoms with Crippen molar-refractivity contribution < 1.29 is 14.7 Å². The molecule has 0 bridgehead atoms. The van der Waals surface area contributed by atoms with Gasteiger partial charge in [-0.3, -0.25) is 9.69 Å². The third-order valence-electron chi connectivity index (χ3n) is 5.71. The van der Waals surface area contributed by atoms with Gasteiger partial charge in [-0.2, -0.15) is 0 Å². The molecule has 4 rings (SSSR count). The van der Waals surface area contributed by atoms with Crippen LogP contribution in [-0.4, -0.2) is 22.0 Å². The Labute approximate surface area is 190 Å². The van der Waals surface area contributed by atoms with Gasteiger partial charge in [0.25, 0.3) is 5.91 Å². The molecule has 2 aromatic carbocycles. The molecule has 1 aliphatic rings. The lowest BCUT2D eigenvalue weighted by molar-refractivity contribution is 0.0691. The van der Waals surface area contributed by atoms with Crippen LogP contribution in [0.25, 0.3) is 0 Å². The Morgan fingerprint density at radius 1 is 1.03 bits per heavy atom. The number of rotatable bonds is 6. The van der Waals surface area contributed by atoms with Crippen molar-refractivity contribution in [1.29, 1.82) is 0 Å². The minimum absolute atomic E-state index is 0.0176. The zero-order valence-corrected chi connectivity index (χ0v) is 18.5. The number of hydrogen-bond acceptors (Lipinski definition) is 4. The molecule has 0 spiro atoms. The first-order chi connectivity index (χ1) is 15.0. The lowest BCUT2D eigenvalue weighted by atomic mass is 9.83. The largest absolute Gasteiger partial charge is 0.476 e. The van der Waals surface area contributed by atoms with E-state index in [2.05, 4.69) is 4.98 Å². The van der Waals surface area contributed by atoms with Gasteiger partial charge in [-0.25, -0.2) is 9.78 Å². The van der Waals surface area contributed by atoms with Crippen molar-refractivity contribution in [2.24, 2.45) is 5.92 Å². The molecule has 1 amide bonds. The average molecular weight is 455 g/mol. The van der Waals surface area contributed by atoms with E-state index in [9.17, 15) is 14.7 Å². The van der Waals surface area contributed by atoms with E-state index in [1.807, 2.05) is 30.3 Å². The first-order valence-corrected chi connectivity index (χ1v) is 11.6. The molecule has 3 aromatic rings. The molecule has 1 atom stereocenters. The molecule has 1 aromatic heterocycles. The summed E-state index contributed by atoms with van der Waals surface area (Å²) in [6.45, 7) is 0. The summed E-state index contributed by atoms with van der Waals surface area (Å²) < 4.78 is 0. The summed E-state index contributed by atoms with van der Waals surface area (Å²) in [5.74, 6) is -0.993. The molecule has 31 heavy (non-hydrogen) atoms. The lowest BCUT2D eigenvalue weighted by Gasteiger charge is -2.38. The monoisotopic (exact) mass is 454 g/mol. The number of carboxylic acids is 1. The maximum atomic E-state index is 13.8. The number of halogens is 1. The first-order valence-electron chi connectivity index (χ1n) is 10.4. The number of carbonyl (C=O) groups excluding carboxylic acids is 1. The van der Waals surface area contributed by atoms with Crippen LogP contribution in [0, 0.1) is 5.92 Å². The number of thiazole rings is 1. The minimum atomic E-state index is -1.06. The highest BCUT2D eigenvalue weighted by molar-refractivity contribution is 7.10. The van der Waals surface area contributed by atoms with Gasteiger partial charge in [0.1, 0.15) is 5.01 Å². The maximum absolute atomic E-state index is 13.8. The highest BCUT2D eigenvalue weighted by Crippen LogP contribution is 2.42. The van der Waals surface area contributed by atoms with E-state index in [0.717, 1.165) is 31.4 Å². The summed E-state index contributed by atoms with van der Waals surface area (Å²) in [6, 6.07) is 16.0. The number of aromatic nitrogens is 1. The lowest BCUT2D eigenvalue weighted by Crippen LogP contribution is -2.39. The second kappa shape index (κ2) is 9.62. The summed E-state index contributed by atoms with van der Waals surface area (Å²) in [7, 11) is 0. The SMILES string of the molecule is O=C(O)c1csc(C(C2CCCCC2)N(C(=O)c2ccccc2)c2ccc(Cl)cc2)n1. The van der Waals surface area contributed by atoms with Gasteiger partial charge in [0.2, 0.25) is 0 Å². The van der Waals surface area contributed by atoms with Crippen molar-refractivity contribution in [3.05, 3.63) is 81.3 Å². The molecule has 1 unspecified atom stereocenters. The van der Waals surface area contributed by atoms with Crippen molar-refractivity contribution in [3.8, 4) is 0 Å². The molecule has 1 saturated carbocycles. The van der Waals surface area contributed by atoms with Crippen molar-refractivity contribution in [1.82, 2.24) is 4.98 Å². The predicted molar refractivity (Wildman–Crippen MR) is 123 cm³/mol. The first kappa shape index (κ1) is 21.5. The van der Waals surface area contributed by atoms with Crippen molar-refractivity contribution in [2.75, 3.05) is 4.90 Å². The summed E-state index contributed by atoms with van der Waals surface area (Å²) in [5.41, 5.74) is 1.32. The molecule has 0 radical (unpaired) electrons. The predicted octanol–water partition coefficient (Wildman–Crippen LogP) is 6.46. The maximum Gasteiger partial charge on any atom is 0.355 e. The van der Waals surface area contributed by atoms with Crippen LogP contribution in [0.4, 0.5) is 5.69 Å². The van der Waals surface area contributed by atoms with Gasteiger partial charge in [0.05, 0.1) is 6.04 Å². The number of nitrogens with zero attached hydrogens (tertiary/aromatic N) is 2. The highest BCUT2D eigenvalue weighted by atomic mass is 35.5. The van der Waals surface area contributed by atoms with Gasteiger partial charge >= 0.3 is 5.97 Å². The van der Waals surface area contributed by atoms with Crippen LogP contribution in [0.3, 0.4) is 0 Å². The summed E-state index contributed by atoms with van der Waals surface area (Å²) in [5, 5.41) is 12.2. The summed E-state index contributed by atoms with van der Waals surface area (Å²) >= 11 is 7.42. The molecule has 1 N–H and O–H groups in total. The van der Waals surface area contributed by atoms with E-state index < -0.39 is 5.97 Å². The van der Waals surface area contributed by atoms with Crippen molar-refractivity contribution >= 4 is 40.5 Å². The van der Waals surface area contributed by atoms with Crippen LogP contribution >= 0.6 is 22.9 Å². The zero-order valence-electron chi connectivity index (χ0n) is 16.9. The van der Waals surface area contributed by atoms with Crippen LogP contribution in [-0.2, 0) is 0 Å². The Morgan fingerprint density at radius 3 is 2.32 bits per heavy atom. The Bertz CT molecular complexity index is 1050. The number of anilines is 1. The van der Waals surface area contributed by atoms with Crippen molar-refractivity contribution in [3.63, 3.8) is 0 Å². The van der Waals surface area contributed by atoms with E-state index >= 15 is 0 Å². The number of amides is 1. The van der Waals surface area contributed by atoms with Crippen LogP contribution in [0.5, 0.6) is 0 Å². The molecule has 1 aliphatic carbocycles. The Morgan fingerprint density at radius 2 is 1.71 bits per heavy atom. The number of hydrogen-bond donors (Lipinski definition) is 1. The fraction of sp³-hybridized carbons (Fsp3) is 0.292. The third-order valence-corrected chi connectivity index (χ3v) is 6.88. The molecular formula is C24H23ClN2O3S. The average Bonchev–Trinajstić information content (AvgIpc) is 3.29. The third kappa shape index (κ3) is 4.81. The molecule has 1 fully saturated rings. The van der Waals surface area contributed by atoms with E-state index in [0.29, 0.717) is 15.6 Å². The summed E-state index contributed by atoms with van der Waals surface area (Å²) in [4.78, 5) is 31.5. The van der Waals surface area contributed by atoms with Gasteiger partial charge in [0.15, 0.2) is 5.69 Å². The number of carboxylic acid groups (broad SMARTS) is 1. The van der Waals surface area contributed by atoms with Crippen LogP contribution in [0.15, 0.2) is 60.0 Å². The Hall–Kier alpha value is -2.70. The van der Waals surface area contributed by atoms with Gasteiger partial charge < -0.3 is 5.11 Å². The normalized spacial score (nSPS) is 15.4. The molecule has 0 saturated heterocycles. The zero-order chi connectivity index (χ0) is 21.8. The van der Waals surface area contributed by atoms with Gasteiger partial charge in [0, 0.05) is 21.7 Å². The van der Waals surface area contributed by atoms with Crippen LogP contribution < -0.4 is 4.90 Å². The van der Waals surface area contributed by atoms with Gasteiger partial charge in [-0.1, -0.05) is 49.1 Å². The molecule has 1 heterocycles. The summed E-state index contributed by atoms with van der Waals surface area (Å²) in [6.07, 6.45) is 5.30.